The number of anilines is 1. The van der Waals surface area contributed by atoms with Crippen LogP contribution in [0.2, 0.25) is 0 Å². The summed E-state index contributed by atoms with van der Waals surface area (Å²) >= 11 is 0. The van der Waals surface area contributed by atoms with Gasteiger partial charge in [0.2, 0.25) is 0 Å². The zero-order valence-corrected chi connectivity index (χ0v) is 12.0. The molecule has 1 aromatic carbocycles. The molecule has 0 spiro atoms. The highest BCUT2D eigenvalue weighted by atomic mass is 16.5. The molecule has 106 valence electrons. The van der Waals surface area contributed by atoms with Gasteiger partial charge in [-0.3, -0.25) is 0 Å². The quantitative estimate of drug-likeness (QED) is 0.872. The highest BCUT2D eigenvalue weighted by molar-refractivity contribution is 5.49. The van der Waals surface area contributed by atoms with Crippen LogP contribution in [0, 0.1) is 0 Å². The van der Waals surface area contributed by atoms with Crippen molar-refractivity contribution in [2.75, 3.05) is 24.6 Å². The Morgan fingerprint density at radius 2 is 2.05 bits per heavy atom. The number of ether oxygens (including phenoxy) is 1. The monoisotopic (exact) mass is 264 g/mol. The number of morpholine rings is 1. The largest absolute Gasteiger partial charge is 0.394 e. The van der Waals surface area contributed by atoms with Crippen LogP contribution in [0.15, 0.2) is 24.3 Å². The van der Waals surface area contributed by atoms with Crippen molar-refractivity contribution in [2.45, 2.75) is 38.5 Å². The Labute approximate surface area is 115 Å². The van der Waals surface area contributed by atoms with Gasteiger partial charge in [-0.1, -0.05) is 12.1 Å². The average Bonchev–Trinajstić information content (AvgIpc) is 2.37. The van der Waals surface area contributed by atoms with Crippen molar-refractivity contribution in [1.82, 2.24) is 0 Å². The lowest BCUT2D eigenvalue weighted by atomic mass is 10.0. The van der Waals surface area contributed by atoms with Crippen LogP contribution in [0.4, 0.5) is 5.69 Å². The van der Waals surface area contributed by atoms with Crippen molar-refractivity contribution in [3.05, 3.63) is 29.8 Å². The molecule has 2 unspecified atom stereocenters. The minimum absolute atomic E-state index is 0.0534. The SMILES string of the molecule is CC(N)c1ccc(N2CC(CO)OC(C)(C)C2)cc1. The molecule has 4 heteroatoms. The standard InChI is InChI=1S/C15H24N2O2/c1-11(16)12-4-6-13(7-5-12)17-8-14(9-18)19-15(2,3)10-17/h4-7,11,14,18H,8-10,16H2,1-3H3. The Kier molecular flexibility index (Phi) is 4.13. The highest BCUT2D eigenvalue weighted by Gasteiger charge is 2.33. The molecule has 1 aliphatic heterocycles. The van der Waals surface area contributed by atoms with Crippen molar-refractivity contribution in [1.29, 1.82) is 0 Å². The Hall–Kier alpha value is -1.10. The molecule has 3 N–H and O–H groups in total. The van der Waals surface area contributed by atoms with Gasteiger partial charge in [0.15, 0.2) is 0 Å². The van der Waals surface area contributed by atoms with Crippen LogP contribution >= 0.6 is 0 Å². The fraction of sp³-hybridized carbons (Fsp3) is 0.600. The molecule has 2 atom stereocenters. The van der Waals surface area contributed by atoms with Crippen LogP contribution in [0.25, 0.3) is 0 Å². The molecule has 0 bridgehead atoms. The summed E-state index contributed by atoms with van der Waals surface area (Å²) in [5, 5.41) is 9.34. The van der Waals surface area contributed by atoms with E-state index in [2.05, 4.69) is 43.0 Å². The van der Waals surface area contributed by atoms with E-state index in [4.69, 9.17) is 10.5 Å². The molecule has 0 saturated carbocycles. The van der Waals surface area contributed by atoms with E-state index in [1.165, 1.54) is 0 Å². The lowest BCUT2D eigenvalue weighted by molar-refractivity contribution is -0.101. The van der Waals surface area contributed by atoms with E-state index in [-0.39, 0.29) is 24.4 Å². The van der Waals surface area contributed by atoms with E-state index in [1.807, 2.05) is 6.92 Å². The molecular weight excluding hydrogens is 240 g/mol. The molecule has 1 aliphatic rings. The summed E-state index contributed by atoms with van der Waals surface area (Å²) in [6.45, 7) is 7.68. The molecule has 19 heavy (non-hydrogen) atoms. The normalized spacial score (nSPS) is 24.3. The molecule has 1 heterocycles. The lowest BCUT2D eigenvalue weighted by Crippen LogP contribution is -2.54. The molecule has 0 aliphatic carbocycles. The lowest BCUT2D eigenvalue weighted by Gasteiger charge is -2.43. The minimum atomic E-state index is -0.245. The number of benzene rings is 1. The summed E-state index contributed by atoms with van der Waals surface area (Å²) in [4.78, 5) is 2.26. The Morgan fingerprint density at radius 1 is 1.42 bits per heavy atom. The first kappa shape index (κ1) is 14.3. The van der Waals surface area contributed by atoms with Crippen LogP contribution < -0.4 is 10.6 Å². The fourth-order valence-corrected chi connectivity index (χ4v) is 2.58. The number of hydrogen-bond acceptors (Lipinski definition) is 4. The zero-order chi connectivity index (χ0) is 14.0. The van der Waals surface area contributed by atoms with E-state index >= 15 is 0 Å². The topological polar surface area (TPSA) is 58.7 Å². The predicted molar refractivity (Wildman–Crippen MR) is 77.3 cm³/mol. The Morgan fingerprint density at radius 3 is 2.58 bits per heavy atom. The second kappa shape index (κ2) is 5.49. The van der Waals surface area contributed by atoms with Gasteiger partial charge in [0, 0.05) is 24.8 Å². The summed E-state index contributed by atoms with van der Waals surface area (Å²) in [6.07, 6.45) is -0.128. The molecule has 1 saturated heterocycles. The molecule has 2 rings (SSSR count). The van der Waals surface area contributed by atoms with E-state index in [0.29, 0.717) is 0 Å². The minimum Gasteiger partial charge on any atom is -0.394 e. The number of nitrogens with zero attached hydrogens (tertiary/aromatic N) is 1. The first-order chi connectivity index (χ1) is 8.91. The number of aliphatic hydroxyl groups excluding tert-OH is 1. The zero-order valence-electron chi connectivity index (χ0n) is 12.0. The molecule has 0 amide bonds. The average molecular weight is 264 g/mol. The number of aliphatic hydroxyl groups is 1. The summed E-state index contributed by atoms with van der Waals surface area (Å²) < 4.78 is 5.82. The molecule has 4 nitrogen and oxygen atoms in total. The van der Waals surface area contributed by atoms with Crippen LogP contribution in [0.1, 0.15) is 32.4 Å². The number of hydrogen-bond donors (Lipinski definition) is 2. The summed E-state index contributed by atoms with van der Waals surface area (Å²) in [5.41, 5.74) is 7.90. The molecule has 0 aromatic heterocycles. The van der Waals surface area contributed by atoms with Gasteiger partial charge < -0.3 is 20.5 Å². The van der Waals surface area contributed by atoms with Gasteiger partial charge >= 0.3 is 0 Å². The predicted octanol–water partition coefficient (Wildman–Crippen LogP) is 1.68. The second-order valence-corrected chi connectivity index (χ2v) is 5.94. The fourth-order valence-electron chi connectivity index (χ4n) is 2.58. The van der Waals surface area contributed by atoms with Gasteiger partial charge in [-0.25, -0.2) is 0 Å². The highest BCUT2D eigenvalue weighted by Crippen LogP contribution is 2.26. The van der Waals surface area contributed by atoms with E-state index < -0.39 is 0 Å². The van der Waals surface area contributed by atoms with E-state index in [1.54, 1.807) is 0 Å². The summed E-state index contributed by atoms with van der Waals surface area (Å²) in [5.74, 6) is 0. The maximum atomic E-state index is 9.34. The van der Waals surface area contributed by atoms with Gasteiger partial charge in [0.05, 0.1) is 18.3 Å². The van der Waals surface area contributed by atoms with Gasteiger partial charge in [-0.05, 0) is 38.5 Å². The molecule has 1 fully saturated rings. The Bertz CT molecular complexity index is 415. The van der Waals surface area contributed by atoms with Gasteiger partial charge in [-0.15, -0.1) is 0 Å². The van der Waals surface area contributed by atoms with Crippen LogP contribution in [-0.4, -0.2) is 36.5 Å². The van der Waals surface area contributed by atoms with Crippen molar-refractivity contribution < 1.29 is 9.84 Å². The van der Waals surface area contributed by atoms with E-state index in [0.717, 1.165) is 24.3 Å². The van der Waals surface area contributed by atoms with Crippen molar-refractivity contribution >= 4 is 5.69 Å². The Balaban J connectivity index is 2.16. The van der Waals surface area contributed by atoms with Crippen molar-refractivity contribution in [3.63, 3.8) is 0 Å². The number of rotatable bonds is 3. The van der Waals surface area contributed by atoms with Gasteiger partial charge in [0.1, 0.15) is 0 Å². The van der Waals surface area contributed by atoms with Crippen molar-refractivity contribution in [3.8, 4) is 0 Å². The third-order valence-electron chi connectivity index (χ3n) is 3.47. The summed E-state index contributed by atoms with van der Waals surface area (Å²) in [7, 11) is 0. The van der Waals surface area contributed by atoms with Crippen LogP contribution in [0.3, 0.4) is 0 Å². The third-order valence-corrected chi connectivity index (χ3v) is 3.47. The number of nitrogens with two attached hydrogens (primary N) is 1. The first-order valence-electron chi connectivity index (χ1n) is 6.80. The third kappa shape index (κ3) is 3.47. The maximum Gasteiger partial charge on any atom is 0.0988 e. The first-order valence-corrected chi connectivity index (χ1v) is 6.80. The van der Waals surface area contributed by atoms with Crippen molar-refractivity contribution in [2.24, 2.45) is 5.73 Å². The van der Waals surface area contributed by atoms with Gasteiger partial charge in [-0.2, -0.15) is 0 Å². The maximum absolute atomic E-state index is 9.34. The van der Waals surface area contributed by atoms with Gasteiger partial charge in [0.25, 0.3) is 0 Å². The van der Waals surface area contributed by atoms with Crippen LogP contribution in [-0.2, 0) is 4.74 Å². The molecule has 0 radical (unpaired) electrons. The van der Waals surface area contributed by atoms with Crippen LogP contribution in [0.5, 0.6) is 0 Å². The smallest absolute Gasteiger partial charge is 0.0988 e. The molecular formula is C15H24N2O2. The molecule has 1 aromatic rings. The second-order valence-electron chi connectivity index (χ2n) is 5.94. The van der Waals surface area contributed by atoms with E-state index in [9.17, 15) is 5.11 Å². The summed E-state index contributed by atoms with van der Waals surface area (Å²) in [6, 6.07) is 8.37.